The molecule has 30 heavy (non-hydrogen) atoms. The Hall–Kier alpha value is -3.64. The van der Waals surface area contributed by atoms with Crippen LogP contribution in [0, 0.1) is 13.8 Å². The van der Waals surface area contributed by atoms with Crippen LogP contribution in [-0.2, 0) is 0 Å². The fourth-order valence-corrected chi connectivity index (χ4v) is 4.88. The van der Waals surface area contributed by atoms with Crippen molar-refractivity contribution in [3.8, 4) is 11.1 Å². The molecule has 6 aromatic carbocycles. The third kappa shape index (κ3) is 2.47. The molecule has 0 heteroatoms. The summed E-state index contributed by atoms with van der Waals surface area (Å²) in [6.07, 6.45) is 0. The second kappa shape index (κ2) is 6.43. The molecule has 0 nitrogen and oxygen atoms in total. The number of hydrogen-bond donors (Lipinski definition) is 0. The summed E-state index contributed by atoms with van der Waals surface area (Å²) in [4.78, 5) is 0. The molecule has 142 valence electrons. The molecular formula is C30H22. The maximum Gasteiger partial charge on any atom is -0.00203 e. The van der Waals surface area contributed by atoms with E-state index in [-0.39, 0.29) is 0 Å². The van der Waals surface area contributed by atoms with Crippen LogP contribution < -0.4 is 0 Å². The molecule has 0 atom stereocenters. The maximum atomic E-state index is 2.38. The largest absolute Gasteiger partial charge is 0.0616 e. The molecule has 0 heterocycles. The van der Waals surface area contributed by atoms with Crippen LogP contribution in [0.2, 0.25) is 0 Å². The van der Waals surface area contributed by atoms with E-state index >= 15 is 0 Å². The van der Waals surface area contributed by atoms with Crippen LogP contribution in [-0.4, -0.2) is 0 Å². The Labute approximate surface area is 176 Å². The van der Waals surface area contributed by atoms with Gasteiger partial charge in [0.05, 0.1) is 0 Å². The van der Waals surface area contributed by atoms with Crippen LogP contribution in [0.3, 0.4) is 0 Å². The Kier molecular flexibility index (Phi) is 3.70. The number of rotatable bonds is 1. The zero-order chi connectivity index (χ0) is 20.2. The Morgan fingerprint density at radius 3 is 1.90 bits per heavy atom. The van der Waals surface area contributed by atoms with Crippen LogP contribution in [0.15, 0.2) is 97.1 Å². The Morgan fingerprint density at radius 1 is 0.400 bits per heavy atom. The van der Waals surface area contributed by atoms with E-state index in [1.165, 1.54) is 65.3 Å². The molecule has 6 aromatic rings. The number of benzene rings is 6. The van der Waals surface area contributed by atoms with Crippen LogP contribution >= 0.6 is 0 Å². The molecule has 0 bridgehead atoms. The van der Waals surface area contributed by atoms with E-state index in [4.69, 9.17) is 0 Å². The van der Waals surface area contributed by atoms with E-state index in [1.54, 1.807) is 0 Å². The second-order valence-electron chi connectivity index (χ2n) is 8.32. The summed E-state index contributed by atoms with van der Waals surface area (Å²) in [7, 11) is 0. The van der Waals surface area contributed by atoms with Gasteiger partial charge in [0, 0.05) is 0 Å². The average molecular weight is 383 g/mol. The topological polar surface area (TPSA) is 0 Å². The number of hydrogen-bond acceptors (Lipinski definition) is 0. The van der Waals surface area contributed by atoms with E-state index in [1.807, 2.05) is 0 Å². The number of aryl methyl sites for hydroxylation is 2. The van der Waals surface area contributed by atoms with Crippen LogP contribution in [0.25, 0.3) is 54.2 Å². The van der Waals surface area contributed by atoms with E-state index < -0.39 is 0 Å². The fraction of sp³-hybridized carbons (Fsp3) is 0.0667. The summed E-state index contributed by atoms with van der Waals surface area (Å²) in [6, 6.07) is 35.8. The smallest absolute Gasteiger partial charge is 0.00203 e. The molecule has 0 N–H and O–H groups in total. The third-order valence-corrected chi connectivity index (χ3v) is 6.53. The first-order valence-electron chi connectivity index (χ1n) is 10.5. The van der Waals surface area contributed by atoms with Gasteiger partial charge in [-0.15, -0.1) is 0 Å². The van der Waals surface area contributed by atoms with Gasteiger partial charge < -0.3 is 0 Å². The maximum absolute atomic E-state index is 2.38. The summed E-state index contributed by atoms with van der Waals surface area (Å²) < 4.78 is 0. The molecule has 0 unspecified atom stereocenters. The van der Waals surface area contributed by atoms with Gasteiger partial charge in [0.15, 0.2) is 0 Å². The molecule has 0 aliphatic carbocycles. The first-order valence-corrected chi connectivity index (χ1v) is 10.5. The molecule has 6 rings (SSSR count). The molecule has 0 amide bonds. The highest BCUT2D eigenvalue weighted by atomic mass is 14.2. The highest BCUT2D eigenvalue weighted by molar-refractivity contribution is 6.22. The van der Waals surface area contributed by atoms with E-state index in [0.717, 1.165) is 0 Å². The molecule has 0 fully saturated rings. The highest BCUT2D eigenvalue weighted by Crippen LogP contribution is 2.42. The second-order valence-corrected chi connectivity index (χ2v) is 8.32. The summed E-state index contributed by atoms with van der Waals surface area (Å²) in [5.41, 5.74) is 5.32. The lowest BCUT2D eigenvalue weighted by Crippen LogP contribution is -1.90. The van der Waals surface area contributed by atoms with Gasteiger partial charge in [-0.2, -0.15) is 0 Å². The molecule has 0 aromatic heterocycles. The minimum absolute atomic E-state index is 1.28. The standard InChI is InChI=1S/C30H22/c1-19-16-23-18-29-25-12-6-4-9-22(25)14-15-27(29)30(28(23)17-20(19)2)26-13-7-10-21-8-3-5-11-24(21)26/h3-18H,1-2H3. The summed E-state index contributed by atoms with van der Waals surface area (Å²) in [5.74, 6) is 0. The molecular weight excluding hydrogens is 360 g/mol. The van der Waals surface area contributed by atoms with Gasteiger partial charge >= 0.3 is 0 Å². The lowest BCUT2D eigenvalue weighted by Gasteiger charge is -2.17. The quantitative estimate of drug-likeness (QED) is 0.197. The van der Waals surface area contributed by atoms with Gasteiger partial charge in [0.2, 0.25) is 0 Å². The monoisotopic (exact) mass is 382 g/mol. The van der Waals surface area contributed by atoms with Crippen molar-refractivity contribution >= 4 is 43.1 Å². The first-order chi connectivity index (χ1) is 14.7. The Morgan fingerprint density at radius 2 is 1.07 bits per heavy atom. The van der Waals surface area contributed by atoms with Crippen molar-refractivity contribution in [3.05, 3.63) is 108 Å². The van der Waals surface area contributed by atoms with E-state index in [9.17, 15) is 0 Å². The van der Waals surface area contributed by atoms with E-state index in [0.29, 0.717) is 0 Å². The van der Waals surface area contributed by atoms with Gasteiger partial charge in [0.25, 0.3) is 0 Å². The molecule has 0 radical (unpaired) electrons. The molecule has 0 spiro atoms. The molecule has 0 saturated heterocycles. The van der Waals surface area contributed by atoms with Crippen molar-refractivity contribution < 1.29 is 0 Å². The van der Waals surface area contributed by atoms with Crippen LogP contribution in [0.1, 0.15) is 11.1 Å². The predicted molar refractivity (Wildman–Crippen MR) is 131 cm³/mol. The van der Waals surface area contributed by atoms with Crippen molar-refractivity contribution in [1.82, 2.24) is 0 Å². The highest BCUT2D eigenvalue weighted by Gasteiger charge is 2.15. The average Bonchev–Trinajstić information content (AvgIpc) is 2.78. The van der Waals surface area contributed by atoms with Crippen molar-refractivity contribution in [2.24, 2.45) is 0 Å². The zero-order valence-corrected chi connectivity index (χ0v) is 17.2. The first kappa shape index (κ1) is 17.2. The minimum Gasteiger partial charge on any atom is -0.0616 e. The van der Waals surface area contributed by atoms with Gasteiger partial charge in [-0.3, -0.25) is 0 Å². The molecule has 0 aliphatic heterocycles. The third-order valence-electron chi connectivity index (χ3n) is 6.53. The summed E-state index contributed by atoms with van der Waals surface area (Å²) in [6.45, 7) is 4.42. The Balaban J connectivity index is 1.89. The van der Waals surface area contributed by atoms with E-state index in [2.05, 4.69) is 111 Å². The molecule has 0 aliphatic rings. The minimum atomic E-state index is 1.28. The number of fused-ring (bicyclic) bond motifs is 5. The summed E-state index contributed by atoms with van der Waals surface area (Å²) in [5, 5.41) is 10.5. The predicted octanol–water partition coefficient (Wildman–Crippen LogP) is 8.58. The van der Waals surface area contributed by atoms with Crippen molar-refractivity contribution in [2.75, 3.05) is 0 Å². The Bertz CT molecular complexity index is 1600. The molecule has 0 saturated carbocycles. The van der Waals surface area contributed by atoms with Gasteiger partial charge in [0.1, 0.15) is 0 Å². The van der Waals surface area contributed by atoms with Crippen molar-refractivity contribution in [1.29, 1.82) is 0 Å². The van der Waals surface area contributed by atoms with Crippen LogP contribution in [0.4, 0.5) is 0 Å². The zero-order valence-electron chi connectivity index (χ0n) is 17.2. The van der Waals surface area contributed by atoms with Gasteiger partial charge in [-0.1, -0.05) is 91.0 Å². The normalized spacial score (nSPS) is 11.7. The van der Waals surface area contributed by atoms with Crippen molar-refractivity contribution in [3.63, 3.8) is 0 Å². The van der Waals surface area contributed by atoms with Gasteiger partial charge in [-0.05, 0) is 85.3 Å². The lowest BCUT2D eigenvalue weighted by atomic mass is 9.86. The SMILES string of the molecule is Cc1cc2cc3c(ccc4ccccc43)c(-c3cccc4ccccc34)c2cc1C. The van der Waals surface area contributed by atoms with Crippen molar-refractivity contribution in [2.45, 2.75) is 13.8 Å². The lowest BCUT2D eigenvalue weighted by molar-refractivity contribution is 1.37. The fourth-order valence-electron chi connectivity index (χ4n) is 4.88. The van der Waals surface area contributed by atoms with Gasteiger partial charge in [-0.25, -0.2) is 0 Å². The van der Waals surface area contributed by atoms with Crippen LogP contribution in [0.5, 0.6) is 0 Å². The summed E-state index contributed by atoms with van der Waals surface area (Å²) >= 11 is 0.